The summed E-state index contributed by atoms with van der Waals surface area (Å²) in [5.74, 6) is 0.376. The molecule has 0 radical (unpaired) electrons. The maximum atomic E-state index is 12.4. The number of allylic oxidation sites excluding steroid dienone is 1. The Hall–Kier alpha value is -2.88. The van der Waals surface area contributed by atoms with Crippen molar-refractivity contribution < 1.29 is 14.3 Å². The van der Waals surface area contributed by atoms with Crippen LogP contribution >= 0.6 is 0 Å². The first-order chi connectivity index (χ1) is 12.3. The highest BCUT2D eigenvalue weighted by molar-refractivity contribution is 6.06. The molecule has 0 saturated heterocycles. The van der Waals surface area contributed by atoms with Crippen molar-refractivity contribution in [2.75, 3.05) is 20.7 Å². The molecule has 2 rings (SSSR count). The van der Waals surface area contributed by atoms with Crippen molar-refractivity contribution in [1.82, 2.24) is 4.90 Å². The molecule has 136 valence electrons. The predicted octanol–water partition coefficient (Wildman–Crippen LogP) is 3.97. The van der Waals surface area contributed by atoms with E-state index in [0.717, 1.165) is 11.1 Å². The van der Waals surface area contributed by atoms with E-state index in [0.29, 0.717) is 11.3 Å². The van der Waals surface area contributed by atoms with Gasteiger partial charge in [-0.1, -0.05) is 18.2 Å². The van der Waals surface area contributed by atoms with Gasteiger partial charge in [0, 0.05) is 19.7 Å². The summed E-state index contributed by atoms with van der Waals surface area (Å²) in [4.78, 5) is 25.4. The monoisotopic (exact) mass is 351 g/mol. The Labute approximate surface area is 155 Å². The number of aryl methyl sites for hydroxylation is 3. The highest BCUT2D eigenvalue weighted by Gasteiger charge is 2.07. The first kappa shape index (κ1) is 19.4. The lowest BCUT2D eigenvalue weighted by molar-refractivity contribution is -0.130. The molecule has 2 aromatic carbocycles. The van der Waals surface area contributed by atoms with Crippen LogP contribution in [0.3, 0.4) is 0 Å². The van der Waals surface area contributed by atoms with Gasteiger partial charge in [0.05, 0.1) is 0 Å². The second-order valence-corrected chi connectivity index (χ2v) is 6.59. The van der Waals surface area contributed by atoms with Crippen molar-refractivity contribution in [1.29, 1.82) is 0 Å². The van der Waals surface area contributed by atoms with E-state index in [1.807, 2.05) is 13.0 Å². The highest BCUT2D eigenvalue weighted by Crippen LogP contribution is 2.18. The maximum Gasteiger partial charge on any atom is 0.259 e. The van der Waals surface area contributed by atoms with Crippen molar-refractivity contribution in [3.8, 4) is 5.75 Å². The largest absolute Gasteiger partial charge is 0.484 e. The van der Waals surface area contributed by atoms with E-state index in [-0.39, 0.29) is 18.3 Å². The molecule has 0 saturated carbocycles. The quantitative estimate of drug-likeness (QED) is 0.584. The molecule has 0 spiro atoms. The molecule has 0 aromatic heterocycles. The van der Waals surface area contributed by atoms with E-state index in [2.05, 4.69) is 26.0 Å². The normalized spacial score (nSPS) is 10.8. The minimum atomic E-state index is -0.114. The van der Waals surface area contributed by atoms with Crippen molar-refractivity contribution >= 4 is 17.8 Å². The van der Waals surface area contributed by atoms with Crippen LogP contribution in [0.25, 0.3) is 6.08 Å². The van der Waals surface area contributed by atoms with Crippen LogP contribution in [0, 0.1) is 20.8 Å². The van der Waals surface area contributed by atoms with Crippen LogP contribution in [0.2, 0.25) is 0 Å². The topological polar surface area (TPSA) is 46.6 Å². The van der Waals surface area contributed by atoms with Crippen molar-refractivity contribution in [3.63, 3.8) is 0 Å². The summed E-state index contributed by atoms with van der Waals surface area (Å²) in [5.41, 5.74) is 5.22. The number of amides is 1. The number of benzene rings is 2. The fourth-order valence-corrected chi connectivity index (χ4v) is 2.41. The predicted molar refractivity (Wildman–Crippen MR) is 105 cm³/mol. The molecule has 0 aliphatic heterocycles. The summed E-state index contributed by atoms with van der Waals surface area (Å²) in [7, 11) is 3.36. The first-order valence-electron chi connectivity index (χ1n) is 8.51. The van der Waals surface area contributed by atoms with Gasteiger partial charge >= 0.3 is 0 Å². The van der Waals surface area contributed by atoms with Crippen LogP contribution in [0.5, 0.6) is 5.75 Å². The SMILES string of the molecule is Cc1cc(C)c(/C=C/C(=O)c2ccc(OCC(=O)N(C)C)cc2)cc1C. The Kier molecular flexibility index (Phi) is 6.34. The highest BCUT2D eigenvalue weighted by atomic mass is 16.5. The summed E-state index contributed by atoms with van der Waals surface area (Å²) in [6.07, 6.45) is 3.44. The second kappa shape index (κ2) is 8.48. The standard InChI is InChI=1S/C22H25NO3/c1-15-12-17(3)19(13-16(15)2)8-11-21(24)18-6-9-20(10-7-18)26-14-22(25)23(4)5/h6-13H,14H2,1-5H3/b11-8+. The van der Waals surface area contributed by atoms with Gasteiger partial charge in [-0.2, -0.15) is 0 Å². The molecule has 0 aliphatic rings. The Balaban J connectivity index is 2.04. The van der Waals surface area contributed by atoms with E-state index in [1.165, 1.54) is 16.0 Å². The number of carbonyl (C=O) groups excluding carboxylic acids is 2. The van der Waals surface area contributed by atoms with Gasteiger partial charge in [-0.25, -0.2) is 0 Å². The zero-order valence-corrected chi connectivity index (χ0v) is 16.0. The summed E-state index contributed by atoms with van der Waals surface area (Å²) in [6, 6.07) is 11.0. The lowest BCUT2D eigenvalue weighted by Gasteiger charge is -2.11. The van der Waals surface area contributed by atoms with Crippen LogP contribution in [-0.2, 0) is 4.79 Å². The van der Waals surface area contributed by atoms with Gasteiger partial charge in [-0.05, 0) is 73.4 Å². The van der Waals surface area contributed by atoms with Gasteiger partial charge in [-0.3, -0.25) is 9.59 Å². The average Bonchev–Trinajstić information content (AvgIpc) is 2.61. The van der Waals surface area contributed by atoms with Crippen LogP contribution < -0.4 is 4.74 Å². The molecule has 26 heavy (non-hydrogen) atoms. The fourth-order valence-electron chi connectivity index (χ4n) is 2.41. The number of hydrogen-bond donors (Lipinski definition) is 0. The Bertz CT molecular complexity index is 833. The summed E-state index contributed by atoms with van der Waals surface area (Å²) in [6.45, 7) is 6.16. The number of nitrogens with zero attached hydrogens (tertiary/aromatic N) is 1. The van der Waals surface area contributed by atoms with Crippen molar-refractivity contribution in [2.45, 2.75) is 20.8 Å². The van der Waals surface area contributed by atoms with Crippen molar-refractivity contribution in [3.05, 3.63) is 70.3 Å². The zero-order chi connectivity index (χ0) is 19.3. The Morgan fingerprint density at radius 1 is 0.962 bits per heavy atom. The molecule has 4 heteroatoms. The molecule has 0 bridgehead atoms. The smallest absolute Gasteiger partial charge is 0.259 e. The van der Waals surface area contributed by atoms with Gasteiger partial charge in [0.15, 0.2) is 12.4 Å². The summed E-state index contributed by atoms with van der Waals surface area (Å²) in [5, 5.41) is 0. The van der Waals surface area contributed by atoms with E-state index in [4.69, 9.17) is 4.74 Å². The lowest BCUT2D eigenvalue weighted by Crippen LogP contribution is -2.27. The fraction of sp³-hybridized carbons (Fsp3) is 0.273. The number of rotatable bonds is 6. The van der Waals surface area contributed by atoms with Gasteiger partial charge in [0.1, 0.15) is 5.75 Å². The number of ketones is 1. The Morgan fingerprint density at radius 3 is 2.19 bits per heavy atom. The molecule has 0 aliphatic carbocycles. The molecule has 0 heterocycles. The van der Waals surface area contributed by atoms with E-state index in [1.54, 1.807) is 44.4 Å². The van der Waals surface area contributed by atoms with Crippen LogP contribution in [0.1, 0.15) is 32.6 Å². The summed E-state index contributed by atoms with van der Waals surface area (Å²) >= 11 is 0. The van der Waals surface area contributed by atoms with Crippen LogP contribution in [0.15, 0.2) is 42.5 Å². The van der Waals surface area contributed by atoms with E-state index in [9.17, 15) is 9.59 Å². The maximum absolute atomic E-state index is 12.4. The number of hydrogen-bond acceptors (Lipinski definition) is 3. The third-order valence-corrected chi connectivity index (χ3v) is 4.30. The minimum absolute atomic E-state index is 0.0216. The molecule has 0 atom stereocenters. The molecular formula is C22H25NO3. The lowest BCUT2D eigenvalue weighted by atomic mass is 10.00. The molecular weight excluding hydrogens is 326 g/mol. The number of likely N-dealkylation sites (N-methyl/N-ethyl adjacent to an activating group) is 1. The summed E-state index contributed by atoms with van der Waals surface area (Å²) < 4.78 is 5.41. The molecule has 4 nitrogen and oxygen atoms in total. The Morgan fingerprint density at radius 2 is 1.58 bits per heavy atom. The second-order valence-electron chi connectivity index (χ2n) is 6.59. The molecule has 2 aromatic rings. The number of ether oxygens (including phenoxy) is 1. The van der Waals surface area contributed by atoms with E-state index >= 15 is 0 Å². The molecule has 0 fully saturated rings. The third-order valence-electron chi connectivity index (χ3n) is 4.30. The van der Waals surface area contributed by atoms with Gasteiger partial charge < -0.3 is 9.64 Å². The minimum Gasteiger partial charge on any atom is -0.484 e. The van der Waals surface area contributed by atoms with Crippen LogP contribution in [0.4, 0.5) is 0 Å². The molecule has 0 unspecified atom stereocenters. The molecule has 0 N–H and O–H groups in total. The van der Waals surface area contributed by atoms with Gasteiger partial charge in [0.2, 0.25) is 0 Å². The third kappa shape index (κ3) is 5.06. The number of carbonyl (C=O) groups is 2. The first-order valence-corrected chi connectivity index (χ1v) is 8.51. The zero-order valence-electron chi connectivity index (χ0n) is 16.0. The van der Waals surface area contributed by atoms with Gasteiger partial charge in [0.25, 0.3) is 5.91 Å². The average molecular weight is 351 g/mol. The molecule has 1 amide bonds. The van der Waals surface area contributed by atoms with Gasteiger partial charge in [-0.15, -0.1) is 0 Å². The van der Waals surface area contributed by atoms with Crippen LogP contribution in [-0.4, -0.2) is 37.3 Å². The van der Waals surface area contributed by atoms with Crippen molar-refractivity contribution in [2.24, 2.45) is 0 Å². The van der Waals surface area contributed by atoms with E-state index < -0.39 is 0 Å².